The highest BCUT2D eigenvalue weighted by molar-refractivity contribution is 6.44. The number of carbonyl (C=O) groups is 3. The van der Waals surface area contributed by atoms with Crippen LogP contribution in [0.15, 0.2) is 48.5 Å². The van der Waals surface area contributed by atoms with Crippen molar-refractivity contribution in [3.8, 4) is 0 Å². The molecule has 2 aromatic rings. The smallest absolute Gasteiger partial charge is 0.311 e. The average molecular weight is 435 g/mol. The van der Waals surface area contributed by atoms with Gasteiger partial charge in [0.1, 0.15) is 0 Å². The lowest BCUT2D eigenvalue weighted by Crippen LogP contribution is -2.30. The van der Waals surface area contributed by atoms with Crippen molar-refractivity contribution in [3.05, 3.63) is 64.1 Å². The number of nitrogens with one attached hydrogen (secondary N) is 1. The van der Waals surface area contributed by atoms with Gasteiger partial charge < -0.3 is 15.0 Å². The molecule has 1 fully saturated rings. The van der Waals surface area contributed by atoms with E-state index in [0.717, 1.165) is 5.56 Å². The number of hydrogen-bond acceptors (Lipinski definition) is 4. The van der Waals surface area contributed by atoms with Crippen LogP contribution in [0.25, 0.3) is 0 Å². The van der Waals surface area contributed by atoms with Gasteiger partial charge in [-0.15, -0.1) is 0 Å². The maximum Gasteiger partial charge on any atom is 0.311 e. The largest absolute Gasteiger partial charge is 0.455 e. The van der Waals surface area contributed by atoms with Gasteiger partial charge in [0.15, 0.2) is 6.61 Å². The minimum absolute atomic E-state index is 0.0672. The van der Waals surface area contributed by atoms with Crippen LogP contribution < -0.4 is 5.32 Å². The Bertz CT molecular complexity index is 920. The van der Waals surface area contributed by atoms with Gasteiger partial charge in [-0.1, -0.05) is 59.6 Å². The Morgan fingerprint density at radius 1 is 1.17 bits per heavy atom. The van der Waals surface area contributed by atoms with Crippen LogP contribution in [0.5, 0.6) is 0 Å². The normalized spacial score (nSPS) is 17.1. The van der Waals surface area contributed by atoms with Crippen LogP contribution in [0.2, 0.25) is 10.0 Å². The summed E-state index contributed by atoms with van der Waals surface area (Å²) in [4.78, 5) is 38.4. The van der Waals surface area contributed by atoms with Gasteiger partial charge in [-0.2, -0.15) is 0 Å². The standard InChI is InChI=1S/C21H20Cl2N2O4/c1-13(14-6-3-2-4-7-14)25-11-15(10-19(25)27)21(28)29-12-18(26)24-17-9-5-8-16(22)20(17)23/h2-9,13,15H,10-12H2,1H3,(H,24,26)/t13-,15+/m1/s1. The Kier molecular flexibility index (Phi) is 6.77. The van der Waals surface area contributed by atoms with E-state index in [1.807, 2.05) is 37.3 Å². The number of likely N-dealkylation sites (tertiary alicyclic amines) is 1. The lowest BCUT2D eigenvalue weighted by atomic mass is 10.1. The van der Waals surface area contributed by atoms with Crippen LogP contribution in [-0.2, 0) is 19.1 Å². The summed E-state index contributed by atoms with van der Waals surface area (Å²) in [6.07, 6.45) is 0.0672. The van der Waals surface area contributed by atoms with E-state index in [-0.39, 0.29) is 29.9 Å². The third-order valence-electron chi connectivity index (χ3n) is 4.81. The fraction of sp³-hybridized carbons (Fsp3) is 0.286. The molecule has 0 radical (unpaired) electrons. The number of hydrogen-bond donors (Lipinski definition) is 1. The number of nitrogens with zero attached hydrogens (tertiary/aromatic N) is 1. The molecule has 152 valence electrons. The molecule has 1 saturated heterocycles. The minimum atomic E-state index is -0.601. The van der Waals surface area contributed by atoms with Crippen LogP contribution in [-0.4, -0.2) is 35.8 Å². The van der Waals surface area contributed by atoms with Gasteiger partial charge in [0.25, 0.3) is 5.91 Å². The van der Waals surface area contributed by atoms with Crippen molar-refractivity contribution in [2.45, 2.75) is 19.4 Å². The maximum absolute atomic E-state index is 12.4. The van der Waals surface area contributed by atoms with Crippen LogP contribution in [0.4, 0.5) is 5.69 Å². The molecule has 0 unspecified atom stereocenters. The highest BCUT2D eigenvalue weighted by atomic mass is 35.5. The number of anilines is 1. The first kappa shape index (κ1) is 21.1. The molecule has 0 aromatic heterocycles. The first-order valence-corrected chi connectivity index (χ1v) is 9.87. The number of rotatable bonds is 6. The van der Waals surface area contributed by atoms with Crippen molar-refractivity contribution in [2.75, 3.05) is 18.5 Å². The van der Waals surface area contributed by atoms with Crippen molar-refractivity contribution in [2.24, 2.45) is 5.92 Å². The average Bonchev–Trinajstić information content (AvgIpc) is 3.11. The second kappa shape index (κ2) is 9.29. The summed E-state index contributed by atoms with van der Waals surface area (Å²) >= 11 is 11.9. The molecule has 2 aromatic carbocycles. The highest BCUT2D eigenvalue weighted by Crippen LogP contribution is 2.30. The van der Waals surface area contributed by atoms with E-state index >= 15 is 0 Å². The maximum atomic E-state index is 12.4. The van der Waals surface area contributed by atoms with Crippen molar-refractivity contribution < 1.29 is 19.1 Å². The first-order chi connectivity index (χ1) is 13.9. The Balaban J connectivity index is 1.53. The van der Waals surface area contributed by atoms with Crippen molar-refractivity contribution in [3.63, 3.8) is 0 Å². The number of esters is 1. The molecule has 1 aliphatic rings. The summed E-state index contributed by atoms with van der Waals surface area (Å²) in [5.41, 5.74) is 1.33. The van der Waals surface area contributed by atoms with Gasteiger partial charge in [-0.3, -0.25) is 14.4 Å². The van der Waals surface area contributed by atoms with Gasteiger partial charge >= 0.3 is 5.97 Å². The SMILES string of the molecule is C[C@H](c1ccccc1)N1C[C@@H](C(=O)OCC(=O)Nc2cccc(Cl)c2Cl)CC1=O. The molecule has 2 amide bonds. The van der Waals surface area contributed by atoms with Gasteiger partial charge in [0.05, 0.1) is 27.7 Å². The van der Waals surface area contributed by atoms with Crippen LogP contribution >= 0.6 is 23.2 Å². The molecule has 3 rings (SSSR count). The molecule has 0 saturated carbocycles. The lowest BCUT2D eigenvalue weighted by molar-refractivity contribution is -0.151. The molecule has 1 aliphatic heterocycles. The number of carbonyl (C=O) groups excluding carboxylic acids is 3. The van der Waals surface area contributed by atoms with E-state index in [4.69, 9.17) is 27.9 Å². The third kappa shape index (κ3) is 5.08. The molecule has 2 atom stereocenters. The van der Waals surface area contributed by atoms with Crippen molar-refractivity contribution in [1.82, 2.24) is 4.90 Å². The zero-order valence-electron chi connectivity index (χ0n) is 15.7. The summed E-state index contributed by atoms with van der Waals surface area (Å²) < 4.78 is 5.11. The van der Waals surface area contributed by atoms with Crippen molar-refractivity contribution >= 4 is 46.7 Å². The summed E-state index contributed by atoms with van der Waals surface area (Å²) in [6, 6.07) is 14.3. The summed E-state index contributed by atoms with van der Waals surface area (Å²) in [5, 5.41) is 3.06. The molecule has 0 bridgehead atoms. The monoisotopic (exact) mass is 434 g/mol. The third-order valence-corrected chi connectivity index (χ3v) is 5.63. The van der Waals surface area contributed by atoms with Crippen LogP contribution in [0.3, 0.4) is 0 Å². The summed E-state index contributed by atoms with van der Waals surface area (Å²) in [7, 11) is 0. The van der Waals surface area contributed by atoms with E-state index in [1.165, 1.54) is 0 Å². The molecule has 0 aliphatic carbocycles. The van der Waals surface area contributed by atoms with E-state index < -0.39 is 24.4 Å². The minimum Gasteiger partial charge on any atom is -0.455 e. The Morgan fingerprint density at radius 2 is 1.90 bits per heavy atom. The van der Waals surface area contributed by atoms with Gasteiger partial charge in [-0.05, 0) is 24.6 Å². The Labute approximate surface area is 178 Å². The lowest BCUT2D eigenvalue weighted by Gasteiger charge is -2.25. The van der Waals surface area contributed by atoms with Crippen molar-refractivity contribution in [1.29, 1.82) is 0 Å². The molecule has 0 spiro atoms. The zero-order chi connectivity index (χ0) is 21.0. The topological polar surface area (TPSA) is 75.7 Å². The number of benzene rings is 2. The fourth-order valence-electron chi connectivity index (χ4n) is 3.22. The summed E-state index contributed by atoms with van der Waals surface area (Å²) in [6.45, 7) is 1.71. The number of amides is 2. The summed E-state index contributed by atoms with van der Waals surface area (Å²) in [5.74, 6) is -1.83. The highest BCUT2D eigenvalue weighted by Gasteiger charge is 2.38. The van der Waals surface area contributed by atoms with Gasteiger partial charge in [-0.25, -0.2) is 0 Å². The van der Waals surface area contributed by atoms with Crippen LogP contribution in [0.1, 0.15) is 24.9 Å². The molecule has 1 N–H and O–H groups in total. The van der Waals surface area contributed by atoms with E-state index in [0.29, 0.717) is 10.7 Å². The predicted octanol–water partition coefficient (Wildman–Crippen LogP) is 4.08. The molecule has 6 nitrogen and oxygen atoms in total. The van der Waals surface area contributed by atoms with E-state index in [2.05, 4.69) is 5.32 Å². The zero-order valence-corrected chi connectivity index (χ0v) is 17.2. The van der Waals surface area contributed by atoms with Gasteiger partial charge in [0.2, 0.25) is 5.91 Å². The molecule has 1 heterocycles. The number of ether oxygens (including phenoxy) is 1. The van der Waals surface area contributed by atoms with Crippen LogP contribution in [0, 0.1) is 5.92 Å². The molecular weight excluding hydrogens is 415 g/mol. The Hall–Kier alpha value is -2.57. The molecular formula is C21H20Cl2N2O4. The molecule has 29 heavy (non-hydrogen) atoms. The van der Waals surface area contributed by atoms with Gasteiger partial charge in [0, 0.05) is 13.0 Å². The fourth-order valence-corrected chi connectivity index (χ4v) is 3.56. The van der Waals surface area contributed by atoms with E-state index in [1.54, 1.807) is 23.1 Å². The number of halogens is 2. The Morgan fingerprint density at radius 3 is 2.62 bits per heavy atom. The molecule has 8 heteroatoms. The van der Waals surface area contributed by atoms with E-state index in [9.17, 15) is 14.4 Å². The second-order valence-electron chi connectivity index (χ2n) is 6.79. The predicted molar refractivity (Wildman–Crippen MR) is 111 cm³/mol. The quantitative estimate of drug-likeness (QED) is 0.694. The second-order valence-corrected chi connectivity index (χ2v) is 7.58. The first-order valence-electron chi connectivity index (χ1n) is 9.11.